The minimum Gasteiger partial charge on any atom is -0.390 e. The highest BCUT2D eigenvalue weighted by atomic mass is 19.1. The molecule has 5 rings (SSSR count). The Morgan fingerprint density at radius 3 is 2.57 bits per heavy atom. The van der Waals surface area contributed by atoms with Crippen LogP contribution in [0.4, 0.5) is 4.39 Å². The predicted octanol–water partition coefficient (Wildman–Crippen LogP) is 6.08. The molecule has 0 saturated heterocycles. The molecular formula is C30H45FN2O2. The van der Waals surface area contributed by atoms with Gasteiger partial charge in [-0.1, -0.05) is 26.8 Å². The third-order valence-corrected chi connectivity index (χ3v) is 11.4. The molecule has 5 aliphatic carbocycles. The Kier molecular flexibility index (Phi) is 6.36. The van der Waals surface area contributed by atoms with Crippen molar-refractivity contribution >= 4 is 5.78 Å². The summed E-state index contributed by atoms with van der Waals surface area (Å²) in [5.74, 6) is 9.02. The first-order valence-electron chi connectivity index (χ1n) is 14.0. The predicted molar refractivity (Wildman–Crippen MR) is 137 cm³/mol. The second-order valence-electron chi connectivity index (χ2n) is 13.5. The molecule has 0 amide bonds. The molecule has 0 bridgehead atoms. The van der Waals surface area contributed by atoms with Crippen molar-refractivity contribution < 1.29 is 14.3 Å². The number of aliphatic hydroxyl groups is 1. The van der Waals surface area contributed by atoms with Crippen molar-refractivity contribution in [1.82, 2.24) is 5.01 Å². The fourth-order valence-corrected chi connectivity index (χ4v) is 9.37. The molecule has 0 radical (unpaired) electrons. The normalized spacial score (nSPS) is 48.1. The summed E-state index contributed by atoms with van der Waals surface area (Å²) in [5.41, 5.74) is 0.838. The molecule has 4 saturated carbocycles. The monoisotopic (exact) mass is 484 g/mol. The van der Waals surface area contributed by atoms with E-state index >= 15 is 0 Å². The van der Waals surface area contributed by atoms with Crippen LogP contribution in [0.2, 0.25) is 0 Å². The number of fused-ring (bicyclic) bond motifs is 5. The second-order valence-corrected chi connectivity index (χ2v) is 13.5. The molecule has 5 heteroatoms. The molecule has 194 valence electrons. The molecule has 0 aromatic rings. The number of rotatable bonds is 4. The lowest BCUT2D eigenvalue weighted by atomic mass is 9.44. The van der Waals surface area contributed by atoms with Gasteiger partial charge in [0.25, 0.3) is 0 Å². The molecule has 0 aromatic heterocycles. The van der Waals surface area contributed by atoms with E-state index in [2.05, 4.69) is 13.8 Å². The maximum atomic E-state index is 13.5. The number of hydrazine groups is 1. The number of nitrogens with zero attached hydrogens (tertiary/aromatic N) is 1. The van der Waals surface area contributed by atoms with E-state index in [-0.39, 0.29) is 35.4 Å². The fraction of sp³-hybridized carbons (Fsp3) is 0.767. The summed E-state index contributed by atoms with van der Waals surface area (Å²) in [4.78, 5) is 13.5. The molecule has 5 aliphatic rings. The maximum Gasteiger partial charge on any atom is 0.157 e. The van der Waals surface area contributed by atoms with Crippen molar-refractivity contribution in [2.75, 3.05) is 6.54 Å². The van der Waals surface area contributed by atoms with Crippen LogP contribution in [0, 0.1) is 46.3 Å². The van der Waals surface area contributed by atoms with Crippen molar-refractivity contribution in [1.29, 1.82) is 0 Å². The van der Waals surface area contributed by atoms with Gasteiger partial charge in [0.1, 0.15) is 5.83 Å². The molecule has 35 heavy (non-hydrogen) atoms. The summed E-state index contributed by atoms with van der Waals surface area (Å²) in [5, 5.41) is 12.2. The van der Waals surface area contributed by atoms with Crippen LogP contribution in [0.25, 0.3) is 0 Å². The van der Waals surface area contributed by atoms with Gasteiger partial charge in [-0.05, 0) is 117 Å². The number of allylic oxidation sites excluding steroid dienone is 5. The summed E-state index contributed by atoms with van der Waals surface area (Å²) in [6, 6.07) is 0. The molecule has 2 unspecified atom stereocenters. The zero-order valence-electron chi connectivity index (χ0n) is 22.1. The molecule has 4 fully saturated rings. The first kappa shape index (κ1) is 25.2. The summed E-state index contributed by atoms with van der Waals surface area (Å²) in [7, 11) is 0. The van der Waals surface area contributed by atoms with E-state index in [1.165, 1.54) is 30.3 Å². The van der Waals surface area contributed by atoms with Gasteiger partial charge in [-0.2, -0.15) is 0 Å². The number of ketones is 1. The van der Waals surface area contributed by atoms with Gasteiger partial charge in [0, 0.05) is 18.0 Å². The molecule has 0 heterocycles. The van der Waals surface area contributed by atoms with Crippen molar-refractivity contribution in [3.05, 3.63) is 35.8 Å². The topological polar surface area (TPSA) is 66.6 Å². The molecule has 3 N–H and O–H groups in total. The molecule has 0 aromatic carbocycles. The lowest BCUT2D eigenvalue weighted by Crippen LogP contribution is -2.56. The van der Waals surface area contributed by atoms with Gasteiger partial charge >= 0.3 is 0 Å². The van der Waals surface area contributed by atoms with Gasteiger partial charge in [0.05, 0.1) is 12.1 Å². The van der Waals surface area contributed by atoms with E-state index in [4.69, 9.17) is 5.84 Å². The van der Waals surface area contributed by atoms with Crippen LogP contribution in [0.5, 0.6) is 0 Å². The minimum absolute atomic E-state index is 0.0511. The van der Waals surface area contributed by atoms with Crippen LogP contribution in [0.3, 0.4) is 0 Å². The van der Waals surface area contributed by atoms with Gasteiger partial charge in [-0.3, -0.25) is 4.79 Å². The van der Waals surface area contributed by atoms with Crippen LogP contribution in [0.15, 0.2) is 35.8 Å². The van der Waals surface area contributed by atoms with E-state index in [0.29, 0.717) is 23.2 Å². The first-order chi connectivity index (χ1) is 16.4. The van der Waals surface area contributed by atoms with Gasteiger partial charge < -0.3 is 10.1 Å². The molecule has 0 spiro atoms. The smallest absolute Gasteiger partial charge is 0.157 e. The Balaban J connectivity index is 1.27. The summed E-state index contributed by atoms with van der Waals surface area (Å²) in [6.45, 7) is 9.09. The average Bonchev–Trinajstić information content (AvgIpc) is 3.13. The summed E-state index contributed by atoms with van der Waals surface area (Å²) >= 11 is 0. The number of hydrogen-bond acceptors (Lipinski definition) is 4. The van der Waals surface area contributed by atoms with Crippen molar-refractivity contribution in [2.45, 2.75) is 91.1 Å². The van der Waals surface area contributed by atoms with Crippen LogP contribution < -0.4 is 5.84 Å². The number of carbonyl (C=O) groups excluding carboxylic acids is 1. The third kappa shape index (κ3) is 4.35. The zero-order valence-corrected chi connectivity index (χ0v) is 22.1. The number of hydrogen-bond donors (Lipinski definition) is 2. The number of halogens is 1. The zero-order chi connectivity index (χ0) is 25.2. The third-order valence-electron chi connectivity index (χ3n) is 11.4. The minimum atomic E-state index is -0.496. The van der Waals surface area contributed by atoms with E-state index in [1.54, 1.807) is 18.4 Å². The standard InChI is InChI=1S/C30H45FN2O2/c1-19-15-22(31)7-5-20(19)17-33(32)18-27(34)26-10-9-24-23-8-6-21-16-28(2,35)13-14-29(21,3)25(23)11-12-30(24,26)4/h5,7,15,17,19,21,23-26,35H,6,8-14,16,18,32H2,1-4H3/b20-17-/t19?,21-,23?,24+,25+,26-,28-,29+,30+/m1/s1. The number of carbonyl (C=O) groups is 1. The Hall–Kier alpha value is -1.46. The van der Waals surface area contributed by atoms with Crippen molar-refractivity contribution in [3.8, 4) is 0 Å². The SMILES string of the molecule is CC1C=C(F)C=C/C1=C/N(N)CC(=O)[C@H]1CC[C@H]2C3CC[C@@H]4C[C@](C)(O)CC[C@]4(C)[C@H]3CC[C@]12C. The number of Topliss-reactive ketones (excluding diaryl/α,β-unsaturated/α-hetero) is 1. The molecule has 4 nitrogen and oxygen atoms in total. The van der Waals surface area contributed by atoms with Crippen LogP contribution in [0.1, 0.15) is 85.5 Å². The van der Waals surface area contributed by atoms with Crippen LogP contribution in [-0.2, 0) is 4.79 Å². The van der Waals surface area contributed by atoms with E-state index in [0.717, 1.165) is 50.0 Å². The molecule has 9 atom stereocenters. The van der Waals surface area contributed by atoms with E-state index < -0.39 is 5.60 Å². The Morgan fingerprint density at radius 1 is 1.09 bits per heavy atom. The van der Waals surface area contributed by atoms with Crippen LogP contribution >= 0.6 is 0 Å². The number of nitrogens with two attached hydrogens (primary N) is 1. The van der Waals surface area contributed by atoms with Crippen LogP contribution in [-0.4, -0.2) is 28.0 Å². The summed E-state index contributed by atoms with van der Waals surface area (Å²) < 4.78 is 13.5. The van der Waals surface area contributed by atoms with E-state index in [1.807, 2.05) is 13.8 Å². The Bertz CT molecular complexity index is 954. The molecular weight excluding hydrogens is 439 g/mol. The fourth-order valence-electron chi connectivity index (χ4n) is 9.37. The highest BCUT2D eigenvalue weighted by molar-refractivity contribution is 5.84. The second kappa shape index (κ2) is 8.83. The highest BCUT2D eigenvalue weighted by Gasteiger charge is 2.61. The Labute approximate surface area is 210 Å². The summed E-state index contributed by atoms with van der Waals surface area (Å²) in [6.07, 6.45) is 16.5. The molecule has 0 aliphatic heterocycles. The van der Waals surface area contributed by atoms with Crippen molar-refractivity contribution in [2.24, 2.45) is 52.2 Å². The maximum absolute atomic E-state index is 13.5. The Morgan fingerprint density at radius 2 is 1.83 bits per heavy atom. The van der Waals surface area contributed by atoms with Gasteiger partial charge in [-0.15, -0.1) is 0 Å². The van der Waals surface area contributed by atoms with Gasteiger partial charge in [0.2, 0.25) is 0 Å². The lowest BCUT2D eigenvalue weighted by molar-refractivity contribution is -0.151. The largest absolute Gasteiger partial charge is 0.390 e. The average molecular weight is 485 g/mol. The van der Waals surface area contributed by atoms with E-state index in [9.17, 15) is 14.3 Å². The highest BCUT2D eigenvalue weighted by Crippen LogP contribution is 2.68. The lowest BCUT2D eigenvalue weighted by Gasteiger charge is -2.61. The van der Waals surface area contributed by atoms with Gasteiger partial charge in [-0.25, -0.2) is 10.2 Å². The first-order valence-corrected chi connectivity index (χ1v) is 14.0. The van der Waals surface area contributed by atoms with Gasteiger partial charge in [0.15, 0.2) is 5.78 Å². The quantitative estimate of drug-likeness (QED) is 0.375. The van der Waals surface area contributed by atoms with Crippen molar-refractivity contribution in [3.63, 3.8) is 0 Å².